The van der Waals surface area contributed by atoms with Crippen molar-refractivity contribution in [3.8, 4) is 0 Å². The lowest BCUT2D eigenvalue weighted by Gasteiger charge is -2.28. The van der Waals surface area contributed by atoms with Crippen LogP contribution in [-0.4, -0.2) is 244 Å². The van der Waals surface area contributed by atoms with Gasteiger partial charge in [0.1, 0.15) is 0 Å². The Kier molecular flexibility index (Phi) is 781. The largest absolute Gasteiger partial charge is 0.500 e. The molecule has 33 heteroatoms. The molecule has 754 valence electrons. The number of nitrogens with one attached hydrogen (secondary N) is 2. The van der Waals surface area contributed by atoms with Crippen molar-refractivity contribution in [2.45, 2.75) is 387 Å². The minimum Gasteiger partial charge on any atom is -0.481 e. The molecular formula is C78H255N3O25SSi4. The summed E-state index contributed by atoms with van der Waals surface area (Å²) in [7, 11) is 6.43. The first kappa shape index (κ1) is 353. The maximum Gasteiger partial charge on any atom is 0.500 e. The van der Waals surface area contributed by atoms with Crippen LogP contribution in [0.4, 0.5) is 0 Å². The van der Waals surface area contributed by atoms with Gasteiger partial charge in [-0.2, -0.15) is 0 Å². The highest BCUT2D eigenvalue weighted by atomic mass is 32.1. The van der Waals surface area contributed by atoms with Gasteiger partial charge in [0.15, 0.2) is 5.11 Å². The maximum atomic E-state index is 12.0. The lowest BCUT2D eigenvalue weighted by molar-refractivity contribution is -0.153. The summed E-state index contributed by atoms with van der Waals surface area (Å²) in [5.74, 6) is -3.78. The number of carbonyl (C=O) groups excluding carboxylic acids is 3. The van der Waals surface area contributed by atoms with Crippen molar-refractivity contribution in [3.63, 3.8) is 0 Å². The second kappa shape index (κ2) is 245. The molecule has 0 saturated carbocycles. The summed E-state index contributed by atoms with van der Waals surface area (Å²) < 4.78 is 50.6. The van der Waals surface area contributed by atoms with Crippen LogP contribution in [0, 0.1) is 11.8 Å². The molecule has 1 saturated heterocycles. The predicted molar refractivity (Wildman–Crippen MR) is 543 cm³/mol. The number of aliphatic hydroxyl groups excluding tert-OH is 6. The molecule has 2 atom stereocenters. The van der Waals surface area contributed by atoms with E-state index in [9.17, 15) is 33.6 Å². The molecule has 0 aromatic carbocycles. The van der Waals surface area contributed by atoms with E-state index in [2.05, 4.69) is 15.6 Å². The number of ether oxygens (including phenoxy) is 1. The van der Waals surface area contributed by atoms with Crippen LogP contribution >= 0.6 is 12.2 Å². The van der Waals surface area contributed by atoms with Gasteiger partial charge >= 0.3 is 53.1 Å². The van der Waals surface area contributed by atoms with Crippen molar-refractivity contribution >= 4 is 76.4 Å². The van der Waals surface area contributed by atoms with Crippen LogP contribution in [0.25, 0.3) is 0 Å². The smallest absolute Gasteiger partial charge is 0.481 e. The molecule has 0 aromatic heterocycles. The van der Waals surface area contributed by atoms with Gasteiger partial charge in [-0.25, -0.2) is 0 Å². The Balaban J connectivity index is -0.00000000863. The number of carboxylic acid groups (broad SMARTS) is 1. The number of esters is 2. The van der Waals surface area contributed by atoms with Crippen LogP contribution < -0.4 is 10.9 Å². The lowest BCUT2D eigenvalue weighted by Crippen LogP contribution is -2.49. The minimum atomic E-state index is -3.35. The fourth-order valence-electron chi connectivity index (χ4n) is 4.81. The number of aliphatic carboxylic acids is 1. The molecule has 1 aliphatic rings. The second-order valence-corrected chi connectivity index (χ2v) is 24.1. The van der Waals surface area contributed by atoms with Gasteiger partial charge in [-0.3, -0.25) is 30.0 Å². The number of aliphatic hydroxyl groups is 6. The molecule has 1 rings (SSSR count). The van der Waals surface area contributed by atoms with Crippen molar-refractivity contribution in [1.82, 2.24) is 15.8 Å². The number of rotatable bonds is 25. The number of cyclic esters (lactones) is 2. The molecule has 1 fully saturated rings. The van der Waals surface area contributed by atoms with Crippen molar-refractivity contribution < 1.29 is 119 Å². The Labute approximate surface area is 726 Å². The maximum absolute atomic E-state index is 12.0. The number of carboxylic acids is 1. The summed E-state index contributed by atoms with van der Waals surface area (Å²) in [4.78, 5) is 75.6. The summed E-state index contributed by atoms with van der Waals surface area (Å²) in [6.07, 6.45) is 2.17. The van der Waals surface area contributed by atoms with Crippen molar-refractivity contribution in [3.05, 3.63) is 0 Å². The quantitative estimate of drug-likeness (QED) is 0.0133. The van der Waals surface area contributed by atoms with E-state index in [1.165, 1.54) is 42.7 Å². The first-order valence-corrected chi connectivity index (χ1v) is 30.1. The van der Waals surface area contributed by atoms with E-state index in [1.54, 1.807) is 19.0 Å². The SMILES string of the molecule is C.C.C.C.C.C.C.C.C.C.C.C.C.C.C.C.C.C.C.C.C.C.C.C.C.C.C.C.C.C.C.C.C.C.C.C.C.C.C.CCC[Si](O)(OC)OC.CCC[Si](O)(OC)OC.CCO[Si](CCC1CC(=O)OC1=O)(OCC)OCC.CO.CO.CO.CO.CO.CO.CO[Si](O)(CCC(CC(=O)O)C(=O)NNC(=S)N(C)C)OC.O. The normalized spacial score (nSPS) is 8.13. The zero-order valence-electron chi connectivity index (χ0n) is 46.4. The van der Waals surface area contributed by atoms with Crippen molar-refractivity contribution in [1.29, 1.82) is 0 Å². The van der Waals surface area contributed by atoms with Crippen LogP contribution in [0.5, 0.6) is 0 Å². The lowest BCUT2D eigenvalue weighted by atomic mass is 10.0. The highest BCUT2D eigenvalue weighted by molar-refractivity contribution is 7.80. The summed E-state index contributed by atoms with van der Waals surface area (Å²) >= 11 is 4.94. The van der Waals surface area contributed by atoms with Gasteiger partial charge in [0.05, 0.1) is 24.7 Å². The first-order valence-electron chi connectivity index (χ1n) is 21.9. The number of carbonyl (C=O) groups is 4. The predicted octanol–water partition coefficient (Wildman–Crippen LogP) is 23.5. The number of amides is 1. The Bertz CT molecular complexity index is 1190. The monoisotopic (exact) mass is 1780 g/mol. The number of hydrazine groups is 1. The van der Waals surface area contributed by atoms with Crippen LogP contribution in [0.15, 0.2) is 0 Å². The average Bonchev–Trinajstić information content (AvgIpc) is 2.07. The van der Waals surface area contributed by atoms with E-state index in [0.717, 1.165) is 55.5 Å². The molecule has 28 nitrogen and oxygen atoms in total. The highest BCUT2D eigenvalue weighted by Gasteiger charge is 2.43. The highest BCUT2D eigenvalue weighted by Crippen LogP contribution is 2.27. The second-order valence-electron chi connectivity index (χ2n) is 12.7. The molecular weight excluding hydrogens is 1520 g/mol. The Morgan fingerprint density at radius 1 is 0.423 bits per heavy atom. The van der Waals surface area contributed by atoms with E-state index < -0.39 is 65.0 Å². The summed E-state index contributed by atoms with van der Waals surface area (Å²) in [5, 5.41) is 51.2. The fourth-order valence-corrected chi connectivity index (χ4v) is 11.3. The number of thiocarbonyl (C=S) groups is 1. The molecule has 0 spiro atoms. The molecule has 1 amide bonds. The fraction of sp³-hybridized carbons (Fsp3) is 0.936. The topological polar surface area (TPSA) is 422 Å². The molecule has 14 N–H and O–H groups in total. The summed E-state index contributed by atoms with van der Waals surface area (Å²) in [5.41, 5.74) is 4.87. The van der Waals surface area contributed by atoms with Crippen LogP contribution in [-0.2, 0) is 63.7 Å². The molecule has 0 aromatic rings. The van der Waals surface area contributed by atoms with E-state index >= 15 is 0 Å². The van der Waals surface area contributed by atoms with Crippen LogP contribution in [0.1, 0.15) is 363 Å². The van der Waals surface area contributed by atoms with Crippen LogP contribution in [0.3, 0.4) is 0 Å². The number of nitrogens with zero attached hydrogens (tertiary/aromatic N) is 1. The first-order chi connectivity index (χ1) is 33.6. The zero-order chi connectivity index (χ0) is 58.3. The molecule has 0 radical (unpaired) electrons. The molecule has 111 heavy (non-hydrogen) atoms. The Hall–Kier alpha value is -2.12. The van der Waals surface area contributed by atoms with Gasteiger partial charge in [0.2, 0.25) is 5.91 Å². The van der Waals surface area contributed by atoms with Gasteiger partial charge in [0.25, 0.3) is 0 Å². The average molecular weight is 1780 g/mol. The molecule has 0 aliphatic carbocycles. The van der Waals surface area contributed by atoms with E-state index in [0.29, 0.717) is 44.4 Å². The van der Waals surface area contributed by atoms with Gasteiger partial charge in [-0.05, 0) is 45.8 Å². The third-order valence-electron chi connectivity index (χ3n) is 8.20. The van der Waals surface area contributed by atoms with Crippen molar-refractivity contribution in [2.24, 2.45) is 11.8 Å². The van der Waals surface area contributed by atoms with Crippen molar-refractivity contribution in [2.75, 3.05) is 119 Å². The molecule has 2 unspecified atom stereocenters. The summed E-state index contributed by atoms with van der Waals surface area (Å²) in [6, 6.07) is 1.87. The van der Waals surface area contributed by atoms with Crippen LogP contribution in [0.2, 0.25) is 24.2 Å². The number of hydrogen-bond donors (Lipinski definition) is 12. The third-order valence-corrected chi connectivity index (χ3v) is 18.8. The van der Waals surface area contributed by atoms with Gasteiger partial charge in [0, 0.05) is 143 Å². The van der Waals surface area contributed by atoms with Gasteiger partial charge < -0.3 is 105 Å². The molecule has 0 bridgehead atoms. The standard InChI is InChI=1S/C12H22O6Si.C11H23N3O6SSi.2C5H14O3Si.6CH4O.39CH4.H2O/c1-4-15-19(16-5-2,17-6-3)8-7-10-9-11(13)18-12(10)14;1-14(2)11(21)13-12-10(17)8(7-9(15)16)5-6-22(18,19-3)20-4;2*1-4-5-9(6,7-2)8-3;6*1-2;;;;;;;;;;;;;;;;;;;;;;;;;;;;;;;;;;;;;;;;/h10H,4-9H2,1-3H3;8,18H,5-7H2,1-4H3,(H,12,17)(H,13,21)(H,15,16);2*6H,4-5H2,1-3H3;6*2H,1H3;39*1H4;1H2. The zero-order valence-corrected chi connectivity index (χ0v) is 51.2. The summed E-state index contributed by atoms with van der Waals surface area (Å²) in [6.45, 7) is 11.1. The molecule has 1 heterocycles. The van der Waals surface area contributed by atoms with E-state index in [4.69, 9.17) is 87.8 Å². The third kappa shape index (κ3) is 205. The number of hydrogen-bond acceptors (Lipinski definition) is 24. The minimum absolute atomic E-state index is 0. The molecule has 1 aliphatic heterocycles. The van der Waals surface area contributed by atoms with E-state index in [-0.39, 0.29) is 331 Å². The van der Waals surface area contributed by atoms with Gasteiger partial charge in [-0.15, -0.1) is 0 Å². The van der Waals surface area contributed by atoms with Gasteiger partial charge in [-0.1, -0.05) is 316 Å². The van der Waals surface area contributed by atoms with E-state index in [1.807, 2.05) is 34.6 Å². The Morgan fingerprint density at radius 2 is 0.640 bits per heavy atom. The Morgan fingerprint density at radius 3 is 0.793 bits per heavy atom.